The van der Waals surface area contributed by atoms with E-state index in [1.54, 1.807) is 0 Å². The van der Waals surface area contributed by atoms with Gasteiger partial charge in [-0.25, -0.2) is 0 Å². The summed E-state index contributed by atoms with van der Waals surface area (Å²) in [5.74, 6) is 0.826. The summed E-state index contributed by atoms with van der Waals surface area (Å²) in [6.45, 7) is 7.72. The molecule has 0 aromatic heterocycles. The molecule has 0 radical (unpaired) electrons. The van der Waals surface area contributed by atoms with Gasteiger partial charge < -0.3 is 5.11 Å². The normalized spacial score (nSPS) is 9.91. The second kappa shape index (κ2) is 25.7. The highest BCUT2D eigenvalue weighted by Crippen LogP contribution is 2.07. The minimum Gasteiger partial charge on any atom is -0.396 e. The summed E-state index contributed by atoms with van der Waals surface area (Å²) < 4.78 is 0. The Morgan fingerprint density at radius 2 is 0.955 bits per heavy atom. The molecule has 0 atom stereocenters. The molecule has 132 valence electrons. The molecule has 0 fully saturated rings. The number of halogens is 1. The van der Waals surface area contributed by atoms with Gasteiger partial charge in [-0.1, -0.05) is 63.5 Å². The average molecular weight is 331 g/mol. The van der Waals surface area contributed by atoms with Gasteiger partial charge in [0.25, 0.3) is 0 Å². The predicted molar refractivity (Wildman–Crippen MR) is 103 cm³/mol. The molecule has 0 aromatic carbocycles. The van der Waals surface area contributed by atoms with E-state index < -0.39 is 0 Å². The Bertz CT molecular complexity index is 182. The van der Waals surface area contributed by atoms with Crippen LogP contribution in [0.1, 0.15) is 89.9 Å². The van der Waals surface area contributed by atoms with Crippen molar-refractivity contribution in [1.29, 1.82) is 0 Å². The van der Waals surface area contributed by atoms with E-state index in [4.69, 9.17) is 16.7 Å². The Morgan fingerprint density at radius 3 is 1.32 bits per heavy atom. The third-order valence-electron chi connectivity index (χ3n) is 3.61. The number of rotatable bonds is 16. The van der Waals surface area contributed by atoms with Crippen LogP contribution in [0.15, 0.2) is 25.3 Å². The number of unbranched alkanes of at least 4 members (excludes halogenated alkanes) is 12. The highest BCUT2D eigenvalue weighted by atomic mass is 35.5. The zero-order valence-corrected chi connectivity index (χ0v) is 15.5. The molecule has 0 saturated heterocycles. The smallest absolute Gasteiger partial charge is 0.0431 e. The maximum atomic E-state index is 8.49. The van der Waals surface area contributed by atoms with Gasteiger partial charge in [0.2, 0.25) is 0 Å². The molecule has 0 aliphatic carbocycles. The largest absolute Gasteiger partial charge is 0.396 e. The number of allylic oxidation sites excluding steroid dienone is 2. The standard InChI is InChI=1S/C10H19Cl.C10H20O/c2*1-2-3-4-5-6-7-8-9-10-11/h2H,1,3-10H2;2,11H,1,3-10H2. The zero-order valence-electron chi connectivity index (χ0n) is 14.7. The van der Waals surface area contributed by atoms with Crippen LogP contribution in [0.5, 0.6) is 0 Å². The van der Waals surface area contributed by atoms with Crippen molar-refractivity contribution in [2.75, 3.05) is 12.5 Å². The van der Waals surface area contributed by atoms with E-state index in [2.05, 4.69) is 13.2 Å². The Hall–Kier alpha value is -0.270. The highest BCUT2D eigenvalue weighted by molar-refractivity contribution is 6.17. The first-order valence-corrected chi connectivity index (χ1v) is 9.75. The summed E-state index contributed by atoms with van der Waals surface area (Å²) in [5, 5.41) is 8.49. The summed E-state index contributed by atoms with van der Waals surface area (Å²) in [5.41, 5.74) is 0. The van der Waals surface area contributed by atoms with E-state index in [-0.39, 0.29) is 0 Å². The van der Waals surface area contributed by atoms with Gasteiger partial charge in [-0.3, -0.25) is 0 Å². The van der Waals surface area contributed by atoms with Crippen LogP contribution in [0.25, 0.3) is 0 Å². The predicted octanol–water partition coefficient (Wildman–Crippen LogP) is 7.04. The molecule has 2 heteroatoms. The lowest BCUT2D eigenvalue weighted by molar-refractivity contribution is 0.282. The van der Waals surface area contributed by atoms with Crippen LogP contribution < -0.4 is 0 Å². The van der Waals surface area contributed by atoms with Gasteiger partial charge in [-0.15, -0.1) is 24.8 Å². The van der Waals surface area contributed by atoms with Gasteiger partial charge in [0.1, 0.15) is 0 Å². The number of aliphatic hydroxyl groups is 1. The molecule has 0 unspecified atom stereocenters. The maximum absolute atomic E-state index is 8.49. The van der Waals surface area contributed by atoms with Gasteiger partial charge in [0, 0.05) is 12.5 Å². The lowest BCUT2D eigenvalue weighted by Gasteiger charge is -1.97. The van der Waals surface area contributed by atoms with Gasteiger partial charge >= 0.3 is 0 Å². The lowest BCUT2D eigenvalue weighted by Crippen LogP contribution is -1.83. The summed E-state index contributed by atoms with van der Waals surface area (Å²) in [6.07, 6.45) is 21.5. The van der Waals surface area contributed by atoms with Crippen molar-refractivity contribution < 1.29 is 5.11 Å². The van der Waals surface area contributed by atoms with Gasteiger partial charge in [0.15, 0.2) is 0 Å². The average Bonchev–Trinajstić information content (AvgIpc) is 2.54. The monoisotopic (exact) mass is 330 g/mol. The van der Waals surface area contributed by atoms with Crippen LogP contribution in [0.2, 0.25) is 0 Å². The van der Waals surface area contributed by atoms with E-state index >= 15 is 0 Å². The number of hydrogen-bond acceptors (Lipinski definition) is 1. The van der Waals surface area contributed by atoms with Crippen LogP contribution >= 0.6 is 11.6 Å². The fourth-order valence-corrected chi connectivity index (χ4v) is 2.39. The molecule has 0 aliphatic rings. The molecule has 0 heterocycles. The fraction of sp³-hybridized carbons (Fsp3) is 0.800. The van der Waals surface area contributed by atoms with Gasteiger partial charge in [-0.05, 0) is 38.5 Å². The highest BCUT2D eigenvalue weighted by Gasteiger charge is 1.89. The molecule has 0 aliphatic heterocycles. The van der Waals surface area contributed by atoms with Crippen LogP contribution in [0.4, 0.5) is 0 Å². The van der Waals surface area contributed by atoms with Crippen LogP contribution in [0.3, 0.4) is 0 Å². The van der Waals surface area contributed by atoms with Crippen molar-refractivity contribution in [3.8, 4) is 0 Å². The van der Waals surface area contributed by atoms with Crippen molar-refractivity contribution in [2.45, 2.75) is 89.9 Å². The van der Waals surface area contributed by atoms with Crippen molar-refractivity contribution in [3.05, 3.63) is 25.3 Å². The lowest BCUT2D eigenvalue weighted by atomic mass is 10.1. The molecular formula is C20H39ClO. The summed E-state index contributed by atoms with van der Waals surface area (Å²) in [4.78, 5) is 0. The summed E-state index contributed by atoms with van der Waals surface area (Å²) in [6, 6.07) is 0. The molecule has 0 saturated carbocycles. The van der Waals surface area contributed by atoms with Crippen molar-refractivity contribution in [3.63, 3.8) is 0 Å². The van der Waals surface area contributed by atoms with Crippen LogP contribution in [-0.4, -0.2) is 17.6 Å². The zero-order chi connectivity index (χ0) is 16.7. The fourth-order valence-electron chi connectivity index (χ4n) is 2.20. The number of hydrogen-bond donors (Lipinski definition) is 1. The van der Waals surface area contributed by atoms with Crippen LogP contribution in [-0.2, 0) is 0 Å². The maximum Gasteiger partial charge on any atom is 0.0431 e. The SMILES string of the molecule is C=CCCCCCCCCCl.C=CCCCCCCCCO. The van der Waals surface area contributed by atoms with Crippen molar-refractivity contribution >= 4 is 11.6 Å². The minimum absolute atomic E-state index is 0.354. The Morgan fingerprint density at radius 1 is 0.591 bits per heavy atom. The first-order valence-electron chi connectivity index (χ1n) is 9.22. The molecule has 0 spiro atoms. The molecular weight excluding hydrogens is 292 g/mol. The minimum atomic E-state index is 0.354. The first kappa shape index (κ1) is 24.0. The third kappa shape index (κ3) is 28.0. The van der Waals surface area contributed by atoms with E-state index in [0.717, 1.165) is 18.7 Å². The van der Waals surface area contributed by atoms with Crippen LogP contribution in [0, 0.1) is 0 Å². The second-order valence-corrected chi connectivity index (χ2v) is 6.19. The summed E-state index contributed by atoms with van der Waals surface area (Å²) in [7, 11) is 0. The molecule has 1 nitrogen and oxygen atoms in total. The number of alkyl halides is 1. The molecule has 22 heavy (non-hydrogen) atoms. The van der Waals surface area contributed by atoms with E-state index in [1.165, 1.54) is 77.0 Å². The molecule has 0 amide bonds. The van der Waals surface area contributed by atoms with E-state index in [1.807, 2.05) is 12.2 Å². The van der Waals surface area contributed by atoms with Gasteiger partial charge in [0.05, 0.1) is 0 Å². The van der Waals surface area contributed by atoms with Crippen molar-refractivity contribution in [1.82, 2.24) is 0 Å². The van der Waals surface area contributed by atoms with E-state index in [0.29, 0.717) is 6.61 Å². The Balaban J connectivity index is 0. The molecule has 0 bridgehead atoms. The van der Waals surface area contributed by atoms with Gasteiger partial charge in [-0.2, -0.15) is 0 Å². The Labute approximate surface area is 144 Å². The first-order chi connectivity index (χ1) is 10.8. The van der Waals surface area contributed by atoms with Crippen molar-refractivity contribution in [2.24, 2.45) is 0 Å². The quantitative estimate of drug-likeness (QED) is 0.183. The molecule has 1 N–H and O–H groups in total. The molecule has 0 aromatic rings. The Kier molecular flexibility index (Phi) is 28.0. The second-order valence-electron chi connectivity index (χ2n) is 5.81. The molecule has 0 rings (SSSR count). The topological polar surface area (TPSA) is 20.2 Å². The third-order valence-corrected chi connectivity index (χ3v) is 3.88. The number of aliphatic hydroxyl groups excluding tert-OH is 1. The summed E-state index contributed by atoms with van der Waals surface area (Å²) >= 11 is 5.55. The van der Waals surface area contributed by atoms with E-state index in [9.17, 15) is 0 Å².